The summed E-state index contributed by atoms with van der Waals surface area (Å²) in [6.45, 7) is -0.561. The molecule has 0 heterocycles. The van der Waals surface area contributed by atoms with E-state index >= 15 is 0 Å². The first kappa shape index (κ1) is 27.1. The maximum atomic E-state index is 13.6. The third-order valence-electron chi connectivity index (χ3n) is 4.95. The summed E-state index contributed by atoms with van der Waals surface area (Å²) in [5.74, 6) is 0.426. The zero-order chi connectivity index (χ0) is 26.3. The summed E-state index contributed by atoms with van der Waals surface area (Å²) in [5.41, 5.74) is 3.08. The highest BCUT2D eigenvalue weighted by atomic mass is 35.5. The summed E-state index contributed by atoms with van der Waals surface area (Å²) in [5, 5.41) is 4.68. The number of hydrogen-bond donors (Lipinski definition) is 1. The van der Waals surface area contributed by atoms with Gasteiger partial charge in [0.1, 0.15) is 12.3 Å². The predicted molar refractivity (Wildman–Crippen MR) is 139 cm³/mol. The molecule has 3 rings (SSSR count). The van der Waals surface area contributed by atoms with Crippen molar-refractivity contribution in [1.29, 1.82) is 0 Å². The topological polar surface area (TPSA) is 107 Å². The molecule has 36 heavy (non-hydrogen) atoms. The third-order valence-corrected chi connectivity index (χ3v) is 7.28. The van der Waals surface area contributed by atoms with Crippen molar-refractivity contribution >= 4 is 51.0 Å². The van der Waals surface area contributed by atoms with Gasteiger partial charge in [0, 0.05) is 16.7 Å². The molecule has 0 saturated heterocycles. The minimum atomic E-state index is -4.21. The number of benzene rings is 3. The average Bonchev–Trinajstić information content (AvgIpc) is 2.88. The van der Waals surface area contributed by atoms with Crippen LogP contribution in [0.25, 0.3) is 0 Å². The first-order valence-electron chi connectivity index (χ1n) is 10.4. The monoisotopic (exact) mass is 551 g/mol. The number of sulfonamides is 1. The zero-order valence-corrected chi connectivity index (χ0v) is 21.9. The van der Waals surface area contributed by atoms with Gasteiger partial charge in [-0.3, -0.25) is 9.10 Å². The Hall–Kier alpha value is -3.47. The number of halogens is 2. The fourth-order valence-corrected chi connectivity index (χ4v) is 5.01. The number of hydrogen-bond acceptors (Lipinski definition) is 7. The quantitative estimate of drug-likeness (QED) is 0.296. The second-order valence-electron chi connectivity index (χ2n) is 7.19. The van der Waals surface area contributed by atoms with E-state index < -0.39 is 22.5 Å². The van der Waals surface area contributed by atoms with E-state index in [-0.39, 0.29) is 16.3 Å². The summed E-state index contributed by atoms with van der Waals surface area (Å²) in [6, 6.07) is 15.2. The number of carbonyl (C=O) groups is 1. The van der Waals surface area contributed by atoms with Crippen LogP contribution in [0, 0.1) is 0 Å². The Morgan fingerprint density at radius 1 is 0.944 bits per heavy atom. The Kier molecular flexibility index (Phi) is 9.03. The second kappa shape index (κ2) is 12.0. The highest BCUT2D eigenvalue weighted by Crippen LogP contribution is 2.32. The van der Waals surface area contributed by atoms with E-state index in [4.69, 9.17) is 37.4 Å². The lowest BCUT2D eigenvalue weighted by atomic mass is 10.2. The van der Waals surface area contributed by atoms with Crippen molar-refractivity contribution in [3.8, 4) is 17.2 Å². The van der Waals surface area contributed by atoms with Crippen LogP contribution in [-0.2, 0) is 14.8 Å². The van der Waals surface area contributed by atoms with Gasteiger partial charge in [-0.15, -0.1) is 0 Å². The van der Waals surface area contributed by atoms with Crippen LogP contribution < -0.4 is 23.9 Å². The van der Waals surface area contributed by atoms with Gasteiger partial charge in [-0.1, -0.05) is 29.3 Å². The molecule has 3 aromatic carbocycles. The molecular weight excluding hydrogens is 529 g/mol. The number of nitrogens with zero attached hydrogens (tertiary/aromatic N) is 2. The first-order chi connectivity index (χ1) is 17.2. The average molecular weight is 552 g/mol. The van der Waals surface area contributed by atoms with Crippen LogP contribution in [0.2, 0.25) is 10.0 Å². The van der Waals surface area contributed by atoms with Crippen molar-refractivity contribution < 1.29 is 27.4 Å². The number of rotatable bonds is 10. The van der Waals surface area contributed by atoms with E-state index in [1.165, 1.54) is 63.9 Å². The Bertz CT molecular complexity index is 1360. The van der Waals surface area contributed by atoms with E-state index in [2.05, 4.69) is 10.5 Å². The second-order valence-corrected chi connectivity index (χ2v) is 9.89. The smallest absolute Gasteiger partial charge is 0.264 e. The van der Waals surface area contributed by atoms with Gasteiger partial charge < -0.3 is 14.2 Å². The van der Waals surface area contributed by atoms with E-state index in [1.807, 2.05) is 0 Å². The van der Waals surface area contributed by atoms with Gasteiger partial charge in [0.25, 0.3) is 15.9 Å². The summed E-state index contributed by atoms with van der Waals surface area (Å²) in [6.07, 6.45) is 1.33. The molecule has 0 atom stereocenters. The Labute approximate surface area is 219 Å². The molecule has 0 fully saturated rings. The Balaban J connectivity index is 1.90. The van der Waals surface area contributed by atoms with Crippen LogP contribution in [0.15, 0.2) is 70.7 Å². The van der Waals surface area contributed by atoms with Gasteiger partial charge in [0.15, 0.2) is 11.5 Å². The molecule has 0 aliphatic carbocycles. The van der Waals surface area contributed by atoms with Gasteiger partial charge in [-0.2, -0.15) is 5.10 Å². The van der Waals surface area contributed by atoms with Crippen LogP contribution in [0.4, 0.5) is 5.69 Å². The molecule has 0 spiro atoms. The summed E-state index contributed by atoms with van der Waals surface area (Å²) >= 11 is 12.0. The molecule has 12 heteroatoms. The number of anilines is 1. The van der Waals surface area contributed by atoms with Crippen LogP contribution in [0.3, 0.4) is 0 Å². The molecule has 0 aliphatic heterocycles. The number of carbonyl (C=O) groups excluding carboxylic acids is 1. The van der Waals surface area contributed by atoms with Crippen molar-refractivity contribution in [2.45, 2.75) is 4.90 Å². The van der Waals surface area contributed by atoms with Gasteiger partial charge in [-0.05, 0) is 48.5 Å². The maximum absolute atomic E-state index is 13.6. The summed E-state index contributed by atoms with van der Waals surface area (Å²) in [4.78, 5) is 12.6. The van der Waals surface area contributed by atoms with Crippen LogP contribution in [0.5, 0.6) is 17.2 Å². The number of amides is 1. The highest BCUT2D eigenvalue weighted by molar-refractivity contribution is 7.92. The molecule has 0 bridgehead atoms. The molecule has 0 unspecified atom stereocenters. The number of ether oxygens (including phenoxy) is 3. The standard InChI is InChI=1S/C24H23Cl2N3O6S/c1-33-19-8-6-18(7-9-19)29(36(31,32)20-10-11-22(34-2)23(13-20)35-3)15-24(30)28-27-14-16-4-5-17(25)12-21(16)26/h4-14H,15H2,1-3H3,(H,28,30). The van der Waals surface area contributed by atoms with Gasteiger partial charge >= 0.3 is 0 Å². The number of nitrogens with one attached hydrogen (secondary N) is 1. The normalized spacial score (nSPS) is 11.2. The van der Waals surface area contributed by atoms with Crippen molar-refractivity contribution in [3.63, 3.8) is 0 Å². The lowest BCUT2D eigenvalue weighted by Crippen LogP contribution is -2.39. The van der Waals surface area contributed by atoms with Crippen molar-refractivity contribution in [3.05, 3.63) is 76.3 Å². The van der Waals surface area contributed by atoms with Crippen LogP contribution in [0.1, 0.15) is 5.56 Å². The fraction of sp³-hybridized carbons (Fsp3) is 0.167. The molecule has 0 aromatic heterocycles. The predicted octanol–water partition coefficient (Wildman–Crippen LogP) is 4.36. The van der Waals surface area contributed by atoms with E-state index in [1.54, 1.807) is 24.3 Å². The molecule has 0 saturated carbocycles. The van der Waals surface area contributed by atoms with E-state index in [9.17, 15) is 13.2 Å². The fourth-order valence-electron chi connectivity index (χ4n) is 3.11. The van der Waals surface area contributed by atoms with Gasteiger partial charge in [0.2, 0.25) is 0 Å². The molecule has 190 valence electrons. The van der Waals surface area contributed by atoms with Gasteiger partial charge in [-0.25, -0.2) is 13.8 Å². The summed E-state index contributed by atoms with van der Waals surface area (Å²) in [7, 11) is 0.124. The minimum absolute atomic E-state index is 0.0970. The maximum Gasteiger partial charge on any atom is 0.264 e. The van der Waals surface area contributed by atoms with Crippen molar-refractivity contribution in [1.82, 2.24) is 5.43 Å². The first-order valence-corrected chi connectivity index (χ1v) is 12.5. The minimum Gasteiger partial charge on any atom is -0.497 e. The molecule has 3 aromatic rings. The van der Waals surface area contributed by atoms with Crippen LogP contribution >= 0.6 is 23.2 Å². The SMILES string of the molecule is COc1ccc(N(CC(=O)NN=Cc2ccc(Cl)cc2Cl)S(=O)(=O)c2ccc(OC)c(OC)c2)cc1. The third kappa shape index (κ3) is 6.39. The van der Waals surface area contributed by atoms with E-state index in [0.717, 1.165) is 4.31 Å². The largest absolute Gasteiger partial charge is 0.497 e. The van der Waals surface area contributed by atoms with E-state index in [0.29, 0.717) is 27.1 Å². The molecule has 1 amide bonds. The van der Waals surface area contributed by atoms with Crippen molar-refractivity contribution in [2.24, 2.45) is 5.10 Å². The molecular formula is C24H23Cl2N3O6S. The molecule has 1 N–H and O–H groups in total. The zero-order valence-electron chi connectivity index (χ0n) is 19.6. The molecule has 0 aliphatic rings. The Morgan fingerprint density at radius 3 is 2.25 bits per heavy atom. The lowest BCUT2D eigenvalue weighted by molar-refractivity contribution is -0.119. The van der Waals surface area contributed by atoms with Crippen molar-refractivity contribution in [2.75, 3.05) is 32.2 Å². The summed E-state index contributed by atoms with van der Waals surface area (Å²) < 4.78 is 43.8. The Morgan fingerprint density at radius 2 is 1.64 bits per heavy atom. The molecule has 0 radical (unpaired) electrons. The molecule has 9 nitrogen and oxygen atoms in total. The van der Waals surface area contributed by atoms with Crippen LogP contribution in [-0.4, -0.2) is 48.4 Å². The number of hydrazone groups is 1. The number of methoxy groups -OCH3 is 3. The van der Waals surface area contributed by atoms with Gasteiger partial charge in [0.05, 0.1) is 43.1 Å². The lowest BCUT2D eigenvalue weighted by Gasteiger charge is -2.24. The highest BCUT2D eigenvalue weighted by Gasteiger charge is 2.28.